The SMILES string of the molecule is Cc1c(C(=O)N2CCOCC2)oc2c1/C(=N/NC(=O)Cc1ccccc1)CCC2. The van der Waals surface area contributed by atoms with Crippen molar-refractivity contribution in [1.29, 1.82) is 0 Å². The molecule has 1 fully saturated rings. The molecule has 0 atom stereocenters. The molecule has 2 aromatic rings. The molecule has 7 heteroatoms. The first kappa shape index (κ1) is 19.4. The van der Waals surface area contributed by atoms with E-state index < -0.39 is 0 Å². The van der Waals surface area contributed by atoms with Crippen LogP contribution in [0.15, 0.2) is 39.9 Å². The Morgan fingerprint density at radius 3 is 2.66 bits per heavy atom. The summed E-state index contributed by atoms with van der Waals surface area (Å²) in [4.78, 5) is 26.9. The van der Waals surface area contributed by atoms with E-state index in [0.717, 1.165) is 47.4 Å². The second kappa shape index (κ2) is 8.61. The lowest BCUT2D eigenvalue weighted by molar-refractivity contribution is -0.120. The highest BCUT2D eigenvalue weighted by Crippen LogP contribution is 2.30. The summed E-state index contributed by atoms with van der Waals surface area (Å²) < 4.78 is 11.3. The average molecular weight is 395 g/mol. The van der Waals surface area contributed by atoms with Gasteiger partial charge in [0.25, 0.3) is 5.91 Å². The van der Waals surface area contributed by atoms with Gasteiger partial charge in [-0.1, -0.05) is 30.3 Å². The Labute approximate surface area is 169 Å². The summed E-state index contributed by atoms with van der Waals surface area (Å²) in [5.74, 6) is 0.887. The largest absolute Gasteiger partial charge is 0.455 e. The highest BCUT2D eigenvalue weighted by atomic mass is 16.5. The predicted molar refractivity (Wildman–Crippen MR) is 108 cm³/mol. The van der Waals surface area contributed by atoms with Crippen LogP contribution in [0.2, 0.25) is 0 Å². The third-order valence-electron chi connectivity index (χ3n) is 5.34. The lowest BCUT2D eigenvalue weighted by atomic mass is 9.93. The summed E-state index contributed by atoms with van der Waals surface area (Å²) in [6.45, 7) is 4.12. The zero-order chi connectivity index (χ0) is 20.2. The number of ether oxygens (including phenoxy) is 1. The van der Waals surface area contributed by atoms with Gasteiger partial charge < -0.3 is 14.1 Å². The van der Waals surface area contributed by atoms with Crippen LogP contribution >= 0.6 is 0 Å². The van der Waals surface area contributed by atoms with Gasteiger partial charge in [-0.25, -0.2) is 5.43 Å². The molecule has 0 bridgehead atoms. The van der Waals surface area contributed by atoms with Crippen LogP contribution in [-0.2, 0) is 22.4 Å². The first-order valence-electron chi connectivity index (χ1n) is 10.0. The molecule has 0 saturated carbocycles. The molecule has 4 rings (SSSR count). The number of carbonyl (C=O) groups excluding carboxylic acids is 2. The van der Waals surface area contributed by atoms with Gasteiger partial charge in [-0.05, 0) is 25.3 Å². The van der Waals surface area contributed by atoms with Gasteiger partial charge in [0.2, 0.25) is 5.91 Å². The third-order valence-corrected chi connectivity index (χ3v) is 5.34. The van der Waals surface area contributed by atoms with Crippen LogP contribution in [0.25, 0.3) is 0 Å². The van der Waals surface area contributed by atoms with Gasteiger partial charge in [-0.15, -0.1) is 0 Å². The molecule has 1 aromatic carbocycles. The molecule has 2 amide bonds. The number of nitrogens with zero attached hydrogens (tertiary/aromatic N) is 2. The number of furan rings is 1. The molecule has 152 valence electrons. The lowest BCUT2D eigenvalue weighted by Crippen LogP contribution is -2.40. The molecule has 1 aliphatic heterocycles. The molecule has 0 radical (unpaired) electrons. The maximum Gasteiger partial charge on any atom is 0.290 e. The van der Waals surface area contributed by atoms with Crippen molar-refractivity contribution in [2.75, 3.05) is 26.3 Å². The van der Waals surface area contributed by atoms with Crippen molar-refractivity contribution in [2.24, 2.45) is 5.10 Å². The molecule has 1 N–H and O–H groups in total. The van der Waals surface area contributed by atoms with Gasteiger partial charge in [-0.3, -0.25) is 9.59 Å². The normalized spacial score (nSPS) is 17.8. The Kier molecular flexibility index (Phi) is 5.76. The Bertz CT molecular complexity index is 927. The molecular formula is C22H25N3O4. The van der Waals surface area contributed by atoms with Crippen molar-refractivity contribution in [3.63, 3.8) is 0 Å². The van der Waals surface area contributed by atoms with Crippen molar-refractivity contribution >= 4 is 17.5 Å². The van der Waals surface area contributed by atoms with E-state index in [4.69, 9.17) is 9.15 Å². The minimum absolute atomic E-state index is 0.104. The summed E-state index contributed by atoms with van der Waals surface area (Å²) >= 11 is 0. The van der Waals surface area contributed by atoms with Crippen molar-refractivity contribution in [2.45, 2.75) is 32.6 Å². The fourth-order valence-corrected chi connectivity index (χ4v) is 3.84. The van der Waals surface area contributed by atoms with Crippen molar-refractivity contribution in [1.82, 2.24) is 10.3 Å². The summed E-state index contributed by atoms with van der Waals surface area (Å²) in [5, 5.41) is 4.38. The summed E-state index contributed by atoms with van der Waals surface area (Å²) in [6.07, 6.45) is 2.65. The van der Waals surface area contributed by atoms with E-state index in [2.05, 4.69) is 10.5 Å². The number of hydrogen-bond acceptors (Lipinski definition) is 5. The third kappa shape index (κ3) is 4.24. The van der Waals surface area contributed by atoms with Crippen LogP contribution in [0.4, 0.5) is 0 Å². The highest BCUT2D eigenvalue weighted by molar-refractivity contribution is 6.06. The number of morpholine rings is 1. The lowest BCUT2D eigenvalue weighted by Gasteiger charge is -2.26. The van der Waals surface area contributed by atoms with Gasteiger partial charge in [0.05, 0.1) is 25.3 Å². The maximum absolute atomic E-state index is 12.9. The number of aryl methyl sites for hydroxylation is 1. The molecule has 29 heavy (non-hydrogen) atoms. The molecule has 0 unspecified atom stereocenters. The van der Waals surface area contributed by atoms with E-state index in [1.165, 1.54) is 0 Å². The van der Waals surface area contributed by atoms with E-state index in [0.29, 0.717) is 32.1 Å². The summed E-state index contributed by atoms with van der Waals surface area (Å²) in [5.41, 5.74) is 6.04. The summed E-state index contributed by atoms with van der Waals surface area (Å²) in [7, 11) is 0. The van der Waals surface area contributed by atoms with Crippen molar-refractivity contribution < 1.29 is 18.7 Å². The van der Waals surface area contributed by atoms with Crippen LogP contribution in [0.5, 0.6) is 0 Å². The molecular weight excluding hydrogens is 370 g/mol. The van der Waals surface area contributed by atoms with E-state index in [1.54, 1.807) is 4.90 Å². The molecule has 2 heterocycles. The van der Waals surface area contributed by atoms with E-state index in [9.17, 15) is 9.59 Å². The van der Waals surface area contributed by atoms with Gasteiger partial charge in [0.1, 0.15) is 5.76 Å². The molecule has 1 saturated heterocycles. The maximum atomic E-state index is 12.9. The van der Waals surface area contributed by atoms with Crippen LogP contribution in [-0.4, -0.2) is 48.7 Å². The van der Waals surface area contributed by atoms with Gasteiger partial charge in [0, 0.05) is 30.6 Å². The van der Waals surface area contributed by atoms with Crippen LogP contribution in [0.3, 0.4) is 0 Å². The Hall–Kier alpha value is -2.93. The van der Waals surface area contributed by atoms with E-state index >= 15 is 0 Å². The van der Waals surface area contributed by atoms with Crippen LogP contribution in [0, 0.1) is 6.92 Å². The molecule has 1 aromatic heterocycles. The number of hydrogen-bond donors (Lipinski definition) is 1. The predicted octanol–water partition coefficient (Wildman–Crippen LogP) is 2.46. The second-order valence-corrected chi connectivity index (χ2v) is 7.37. The van der Waals surface area contributed by atoms with E-state index in [1.807, 2.05) is 37.3 Å². The highest BCUT2D eigenvalue weighted by Gasteiger charge is 2.30. The van der Waals surface area contributed by atoms with Crippen molar-refractivity contribution in [3.05, 3.63) is 58.5 Å². The van der Waals surface area contributed by atoms with Crippen LogP contribution in [0.1, 0.15) is 45.8 Å². The molecule has 0 spiro atoms. The first-order valence-corrected chi connectivity index (χ1v) is 10.0. The number of benzene rings is 1. The summed E-state index contributed by atoms with van der Waals surface area (Å²) in [6, 6.07) is 9.56. The Morgan fingerprint density at radius 2 is 1.90 bits per heavy atom. The fraction of sp³-hybridized carbons (Fsp3) is 0.409. The number of carbonyl (C=O) groups is 2. The second-order valence-electron chi connectivity index (χ2n) is 7.37. The zero-order valence-corrected chi connectivity index (χ0v) is 16.6. The smallest absolute Gasteiger partial charge is 0.290 e. The van der Waals surface area contributed by atoms with Crippen LogP contribution < -0.4 is 5.43 Å². The minimum Gasteiger partial charge on any atom is -0.455 e. The molecule has 7 nitrogen and oxygen atoms in total. The first-order chi connectivity index (χ1) is 14.1. The Balaban J connectivity index is 1.51. The van der Waals surface area contributed by atoms with Crippen molar-refractivity contribution in [3.8, 4) is 0 Å². The number of rotatable bonds is 4. The van der Waals surface area contributed by atoms with Gasteiger partial charge >= 0.3 is 0 Å². The number of nitrogens with one attached hydrogen (secondary N) is 1. The number of hydrazone groups is 1. The Morgan fingerprint density at radius 1 is 1.14 bits per heavy atom. The average Bonchev–Trinajstić information content (AvgIpc) is 3.10. The van der Waals surface area contributed by atoms with Gasteiger partial charge in [0.15, 0.2) is 5.76 Å². The van der Waals surface area contributed by atoms with E-state index in [-0.39, 0.29) is 18.2 Å². The molecule has 1 aliphatic carbocycles. The quantitative estimate of drug-likeness (QED) is 0.806. The molecule has 2 aliphatic rings. The monoisotopic (exact) mass is 395 g/mol. The fourth-order valence-electron chi connectivity index (χ4n) is 3.84. The minimum atomic E-state index is -0.165. The standard InChI is InChI=1S/C22H25N3O4/c1-15-20-17(23-24-19(26)14-16-6-3-2-4-7-16)8-5-9-18(20)29-21(15)22(27)25-10-12-28-13-11-25/h2-4,6-7H,5,8-14H2,1H3,(H,24,26)/b23-17+. The number of amides is 2. The topological polar surface area (TPSA) is 84.1 Å². The van der Waals surface area contributed by atoms with Gasteiger partial charge in [-0.2, -0.15) is 5.10 Å². The number of fused-ring (bicyclic) bond motifs is 1. The zero-order valence-electron chi connectivity index (χ0n) is 16.6.